The molecule has 0 N–H and O–H groups in total. The third-order valence-corrected chi connectivity index (χ3v) is 4.95. The zero-order chi connectivity index (χ0) is 18.0. The molecule has 0 atom stereocenters. The standard InChI is InChI=1S/C19H22N4O3/c1-22(16-5-3-2-4-6-16)18-20-13-15(14-21-18)17(24)23-9-7-19(8-10-23)25-11-12-26-19/h2-6,13-14H,7-12H2,1H3. The number of hydrogen-bond acceptors (Lipinski definition) is 6. The highest BCUT2D eigenvalue weighted by atomic mass is 16.7. The SMILES string of the molecule is CN(c1ccccc1)c1ncc(C(=O)N2CCC3(CC2)OCCO3)cn1. The van der Waals surface area contributed by atoms with Crippen molar-refractivity contribution >= 4 is 17.5 Å². The maximum Gasteiger partial charge on any atom is 0.256 e. The van der Waals surface area contributed by atoms with Crippen molar-refractivity contribution in [3.05, 3.63) is 48.3 Å². The summed E-state index contributed by atoms with van der Waals surface area (Å²) in [7, 11) is 1.90. The molecule has 0 radical (unpaired) electrons. The van der Waals surface area contributed by atoms with Gasteiger partial charge in [-0.15, -0.1) is 0 Å². The van der Waals surface area contributed by atoms with Crippen molar-refractivity contribution in [3.8, 4) is 0 Å². The van der Waals surface area contributed by atoms with Crippen molar-refractivity contribution in [2.75, 3.05) is 38.3 Å². The Morgan fingerprint density at radius 2 is 1.69 bits per heavy atom. The number of hydrogen-bond donors (Lipinski definition) is 0. The molecule has 1 aromatic heterocycles. The van der Waals surface area contributed by atoms with Crippen LogP contribution in [0.5, 0.6) is 0 Å². The Hall–Kier alpha value is -2.51. The van der Waals surface area contributed by atoms with Crippen molar-refractivity contribution in [1.29, 1.82) is 0 Å². The van der Waals surface area contributed by atoms with Crippen LogP contribution in [0.4, 0.5) is 11.6 Å². The summed E-state index contributed by atoms with van der Waals surface area (Å²) < 4.78 is 11.4. The van der Waals surface area contributed by atoms with Crippen LogP contribution in [0.3, 0.4) is 0 Å². The quantitative estimate of drug-likeness (QED) is 0.842. The van der Waals surface area contributed by atoms with Gasteiger partial charge in [0.25, 0.3) is 5.91 Å². The monoisotopic (exact) mass is 354 g/mol. The number of carbonyl (C=O) groups is 1. The number of nitrogens with zero attached hydrogens (tertiary/aromatic N) is 4. The second-order valence-corrected chi connectivity index (χ2v) is 6.57. The molecule has 0 bridgehead atoms. The number of benzene rings is 1. The molecule has 7 nitrogen and oxygen atoms in total. The van der Waals surface area contributed by atoms with E-state index in [0.717, 1.165) is 5.69 Å². The van der Waals surface area contributed by atoms with Crippen LogP contribution in [0.2, 0.25) is 0 Å². The zero-order valence-electron chi connectivity index (χ0n) is 14.8. The molecule has 1 amide bonds. The van der Waals surface area contributed by atoms with E-state index in [1.807, 2.05) is 47.2 Å². The summed E-state index contributed by atoms with van der Waals surface area (Å²) in [5.41, 5.74) is 1.49. The van der Waals surface area contributed by atoms with Gasteiger partial charge in [-0.2, -0.15) is 0 Å². The number of rotatable bonds is 3. The van der Waals surface area contributed by atoms with Gasteiger partial charge in [0.2, 0.25) is 5.95 Å². The number of piperidine rings is 1. The summed E-state index contributed by atoms with van der Waals surface area (Å²) in [6.07, 6.45) is 4.59. The molecular formula is C19H22N4O3. The van der Waals surface area contributed by atoms with E-state index in [4.69, 9.17) is 9.47 Å². The minimum Gasteiger partial charge on any atom is -0.347 e. The number of amides is 1. The first-order chi connectivity index (χ1) is 12.7. The van der Waals surface area contributed by atoms with E-state index >= 15 is 0 Å². The molecule has 0 unspecified atom stereocenters. The Morgan fingerprint density at radius 1 is 1.08 bits per heavy atom. The number of likely N-dealkylation sites (tertiary alicyclic amines) is 1. The topological polar surface area (TPSA) is 67.8 Å². The average Bonchev–Trinajstić information content (AvgIpc) is 3.16. The molecule has 0 aliphatic carbocycles. The molecule has 136 valence electrons. The minimum atomic E-state index is -0.477. The minimum absolute atomic E-state index is 0.0493. The molecule has 2 aliphatic heterocycles. The lowest BCUT2D eigenvalue weighted by Crippen LogP contribution is -2.47. The van der Waals surface area contributed by atoms with Crippen LogP contribution in [0.15, 0.2) is 42.7 Å². The molecule has 4 rings (SSSR count). The van der Waals surface area contributed by atoms with Crippen molar-refractivity contribution in [2.45, 2.75) is 18.6 Å². The van der Waals surface area contributed by atoms with Gasteiger partial charge in [0.15, 0.2) is 5.79 Å². The van der Waals surface area contributed by atoms with Crippen LogP contribution in [-0.4, -0.2) is 59.9 Å². The first-order valence-electron chi connectivity index (χ1n) is 8.85. The molecular weight excluding hydrogens is 332 g/mol. The molecule has 26 heavy (non-hydrogen) atoms. The maximum atomic E-state index is 12.7. The summed E-state index contributed by atoms with van der Waals surface area (Å²) >= 11 is 0. The van der Waals surface area contributed by atoms with Gasteiger partial charge in [-0.25, -0.2) is 9.97 Å². The Morgan fingerprint density at radius 3 is 2.31 bits per heavy atom. The highest BCUT2D eigenvalue weighted by molar-refractivity contribution is 5.93. The Kier molecular flexibility index (Phi) is 4.57. The fourth-order valence-electron chi connectivity index (χ4n) is 3.39. The fraction of sp³-hybridized carbons (Fsp3) is 0.421. The lowest BCUT2D eigenvalue weighted by atomic mass is 10.0. The van der Waals surface area contributed by atoms with Gasteiger partial charge in [0.1, 0.15) is 0 Å². The molecule has 2 aliphatic rings. The summed E-state index contributed by atoms with van der Waals surface area (Å²) in [6, 6.07) is 9.86. The number of ether oxygens (including phenoxy) is 2. The summed E-state index contributed by atoms with van der Waals surface area (Å²) in [5, 5.41) is 0. The maximum absolute atomic E-state index is 12.7. The molecule has 2 saturated heterocycles. The smallest absolute Gasteiger partial charge is 0.256 e. The van der Waals surface area contributed by atoms with E-state index in [9.17, 15) is 4.79 Å². The van der Waals surface area contributed by atoms with Gasteiger partial charge in [0.05, 0.1) is 18.8 Å². The van der Waals surface area contributed by atoms with Crippen LogP contribution in [-0.2, 0) is 9.47 Å². The molecule has 0 saturated carbocycles. The van der Waals surface area contributed by atoms with Gasteiger partial charge >= 0.3 is 0 Å². The normalized spacial score (nSPS) is 18.9. The Balaban J connectivity index is 1.41. The highest BCUT2D eigenvalue weighted by Gasteiger charge is 2.40. The lowest BCUT2D eigenvalue weighted by Gasteiger charge is -2.37. The Labute approximate surface area is 152 Å². The first kappa shape index (κ1) is 16.9. The number of aromatic nitrogens is 2. The largest absolute Gasteiger partial charge is 0.347 e. The van der Waals surface area contributed by atoms with Crippen LogP contribution < -0.4 is 4.90 Å². The van der Waals surface area contributed by atoms with E-state index in [2.05, 4.69) is 9.97 Å². The second-order valence-electron chi connectivity index (χ2n) is 6.57. The number of para-hydroxylation sites is 1. The van der Waals surface area contributed by atoms with Crippen molar-refractivity contribution in [2.24, 2.45) is 0 Å². The Bertz CT molecular complexity index is 750. The fourth-order valence-corrected chi connectivity index (χ4v) is 3.39. The molecule has 2 fully saturated rings. The van der Waals surface area contributed by atoms with Crippen molar-refractivity contribution in [3.63, 3.8) is 0 Å². The summed E-state index contributed by atoms with van der Waals surface area (Å²) in [6.45, 7) is 2.51. The van der Waals surface area contributed by atoms with E-state index in [-0.39, 0.29) is 5.91 Å². The first-order valence-corrected chi connectivity index (χ1v) is 8.85. The van der Waals surface area contributed by atoms with Crippen molar-refractivity contribution in [1.82, 2.24) is 14.9 Å². The third kappa shape index (κ3) is 3.27. The summed E-state index contributed by atoms with van der Waals surface area (Å²) in [5.74, 6) is 0.0278. The van der Waals surface area contributed by atoms with E-state index in [0.29, 0.717) is 50.7 Å². The predicted molar refractivity (Wildman–Crippen MR) is 96.3 cm³/mol. The van der Waals surface area contributed by atoms with Gasteiger partial charge in [-0.1, -0.05) is 18.2 Å². The zero-order valence-corrected chi connectivity index (χ0v) is 14.8. The molecule has 1 spiro atoms. The lowest BCUT2D eigenvalue weighted by molar-refractivity contribution is -0.181. The average molecular weight is 354 g/mol. The number of anilines is 2. The molecule has 3 heterocycles. The van der Waals surface area contributed by atoms with E-state index in [1.54, 1.807) is 12.4 Å². The van der Waals surface area contributed by atoms with Crippen LogP contribution >= 0.6 is 0 Å². The molecule has 2 aromatic rings. The van der Waals surface area contributed by atoms with Gasteiger partial charge < -0.3 is 19.3 Å². The van der Waals surface area contributed by atoms with Crippen LogP contribution in [0, 0.1) is 0 Å². The predicted octanol–water partition coefficient (Wildman–Crippen LogP) is 2.22. The molecule has 7 heteroatoms. The van der Waals surface area contributed by atoms with Crippen molar-refractivity contribution < 1.29 is 14.3 Å². The summed E-state index contributed by atoms with van der Waals surface area (Å²) in [4.78, 5) is 25.1. The van der Waals surface area contributed by atoms with Crippen LogP contribution in [0.25, 0.3) is 0 Å². The van der Waals surface area contributed by atoms with Crippen LogP contribution in [0.1, 0.15) is 23.2 Å². The van der Waals surface area contributed by atoms with Gasteiger partial charge in [-0.3, -0.25) is 4.79 Å². The van der Waals surface area contributed by atoms with E-state index in [1.165, 1.54) is 0 Å². The second kappa shape index (κ2) is 7.01. The van der Waals surface area contributed by atoms with Gasteiger partial charge in [-0.05, 0) is 12.1 Å². The van der Waals surface area contributed by atoms with E-state index < -0.39 is 5.79 Å². The number of carbonyl (C=O) groups excluding carboxylic acids is 1. The third-order valence-electron chi connectivity index (χ3n) is 4.95. The molecule has 1 aromatic carbocycles. The highest BCUT2D eigenvalue weighted by Crippen LogP contribution is 2.31. The van der Waals surface area contributed by atoms with Gasteiger partial charge in [0, 0.05) is 51.1 Å².